The fourth-order valence-corrected chi connectivity index (χ4v) is 3.69. The number of fused-ring (bicyclic) bond motifs is 1. The summed E-state index contributed by atoms with van der Waals surface area (Å²) >= 11 is 0. The predicted molar refractivity (Wildman–Crippen MR) is 110 cm³/mol. The summed E-state index contributed by atoms with van der Waals surface area (Å²) in [6.07, 6.45) is -3.18. The topological polar surface area (TPSA) is 41.8 Å². The lowest BCUT2D eigenvalue weighted by Crippen LogP contribution is -2.43. The molecule has 1 N–H and O–H groups in total. The van der Waals surface area contributed by atoms with Crippen molar-refractivity contribution in [3.8, 4) is 17.0 Å². The summed E-state index contributed by atoms with van der Waals surface area (Å²) in [5.41, 5.74) is 2.14. The van der Waals surface area contributed by atoms with E-state index in [-0.39, 0.29) is 6.10 Å². The van der Waals surface area contributed by atoms with Crippen LogP contribution in [0.1, 0.15) is 25.1 Å². The van der Waals surface area contributed by atoms with Crippen LogP contribution in [0.5, 0.6) is 5.75 Å². The molecule has 3 heterocycles. The molecule has 2 aromatic heterocycles. The van der Waals surface area contributed by atoms with Crippen molar-refractivity contribution in [3.05, 3.63) is 53.9 Å². The lowest BCUT2D eigenvalue weighted by atomic mass is 10.1. The third-order valence-electron chi connectivity index (χ3n) is 5.13. The third-order valence-corrected chi connectivity index (χ3v) is 5.13. The van der Waals surface area contributed by atoms with Gasteiger partial charge in [-0.1, -0.05) is 0 Å². The largest absolute Gasteiger partial charge is 0.491 e. The lowest BCUT2D eigenvalue weighted by Gasteiger charge is -2.27. The van der Waals surface area contributed by atoms with Gasteiger partial charge in [0.2, 0.25) is 0 Å². The Kier molecular flexibility index (Phi) is 5.71. The highest BCUT2D eigenvalue weighted by molar-refractivity contribution is 5.67. The van der Waals surface area contributed by atoms with E-state index in [2.05, 4.69) is 15.2 Å². The zero-order valence-corrected chi connectivity index (χ0v) is 17.0. The minimum atomic E-state index is -4.40. The Bertz CT molecular complexity index is 1010. The second-order valence-electron chi connectivity index (χ2n) is 7.77. The normalized spacial score (nSPS) is 15.8. The highest BCUT2D eigenvalue weighted by Crippen LogP contribution is 2.32. The van der Waals surface area contributed by atoms with Crippen LogP contribution in [0, 0.1) is 0 Å². The van der Waals surface area contributed by atoms with Gasteiger partial charge in [0.05, 0.1) is 23.1 Å². The molecule has 0 spiro atoms. The van der Waals surface area contributed by atoms with Crippen LogP contribution in [0.4, 0.5) is 13.2 Å². The third kappa shape index (κ3) is 4.44. The monoisotopic (exact) mass is 418 g/mol. The second kappa shape index (κ2) is 8.28. The molecule has 160 valence electrons. The first kappa shape index (κ1) is 20.7. The Morgan fingerprint density at radius 2 is 1.77 bits per heavy atom. The van der Waals surface area contributed by atoms with E-state index in [0.717, 1.165) is 55.4 Å². The molecule has 0 atom stereocenters. The number of hydrogen-bond donors (Lipinski definition) is 1. The van der Waals surface area contributed by atoms with E-state index in [1.54, 1.807) is 4.40 Å². The van der Waals surface area contributed by atoms with Gasteiger partial charge in [0.15, 0.2) is 0 Å². The number of ether oxygens (including phenoxy) is 1. The van der Waals surface area contributed by atoms with Crippen molar-refractivity contribution in [2.24, 2.45) is 0 Å². The van der Waals surface area contributed by atoms with E-state index in [1.165, 1.54) is 6.07 Å². The van der Waals surface area contributed by atoms with Gasteiger partial charge >= 0.3 is 6.18 Å². The number of aromatic nitrogens is 2. The average molecular weight is 418 g/mol. The van der Waals surface area contributed by atoms with Gasteiger partial charge in [-0.3, -0.25) is 4.90 Å². The number of hydrogen-bond acceptors (Lipinski definition) is 4. The molecule has 8 heteroatoms. The van der Waals surface area contributed by atoms with Crippen LogP contribution in [-0.2, 0) is 12.7 Å². The number of piperazine rings is 1. The first-order valence-corrected chi connectivity index (χ1v) is 10.1. The number of rotatable bonds is 5. The quantitative estimate of drug-likeness (QED) is 0.674. The smallest absolute Gasteiger partial charge is 0.417 e. The molecule has 1 saturated heterocycles. The van der Waals surface area contributed by atoms with Crippen molar-refractivity contribution in [1.82, 2.24) is 19.6 Å². The fraction of sp³-hybridized carbons (Fsp3) is 0.409. The Morgan fingerprint density at radius 3 is 2.40 bits per heavy atom. The molecule has 0 unspecified atom stereocenters. The van der Waals surface area contributed by atoms with Crippen LogP contribution in [0.3, 0.4) is 0 Å². The van der Waals surface area contributed by atoms with Gasteiger partial charge in [-0.05, 0) is 50.2 Å². The van der Waals surface area contributed by atoms with Crippen LogP contribution >= 0.6 is 0 Å². The van der Waals surface area contributed by atoms with Crippen molar-refractivity contribution in [3.63, 3.8) is 0 Å². The summed E-state index contributed by atoms with van der Waals surface area (Å²) < 4.78 is 47.2. The van der Waals surface area contributed by atoms with E-state index >= 15 is 0 Å². The Labute approximate surface area is 173 Å². The van der Waals surface area contributed by atoms with Crippen LogP contribution < -0.4 is 10.1 Å². The molecule has 1 aliphatic heterocycles. The maximum Gasteiger partial charge on any atom is 0.417 e. The number of benzene rings is 1. The van der Waals surface area contributed by atoms with Gasteiger partial charge in [0, 0.05) is 44.5 Å². The summed E-state index contributed by atoms with van der Waals surface area (Å²) in [6.45, 7) is 7.85. The lowest BCUT2D eigenvalue weighted by molar-refractivity contribution is -0.137. The van der Waals surface area contributed by atoms with Gasteiger partial charge in [-0.15, -0.1) is 0 Å². The zero-order chi connectivity index (χ0) is 21.3. The van der Waals surface area contributed by atoms with Gasteiger partial charge < -0.3 is 14.5 Å². The van der Waals surface area contributed by atoms with E-state index in [1.807, 2.05) is 38.1 Å². The van der Waals surface area contributed by atoms with E-state index in [4.69, 9.17) is 4.74 Å². The maximum absolute atomic E-state index is 13.3. The fourth-order valence-electron chi connectivity index (χ4n) is 3.69. The standard InChI is InChI=1S/C22H25F3N4O/c1-15(2)30-18-6-3-16(4-7-18)21-19(14-28-11-9-26-10-12-28)29-13-17(22(23,24)25)5-8-20(29)27-21/h3-8,13,15,26H,9-12,14H2,1-2H3. The molecule has 0 bridgehead atoms. The summed E-state index contributed by atoms with van der Waals surface area (Å²) in [5.74, 6) is 0.750. The molecule has 1 fully saturated rings. The first-order valence-electron chi connectivity index (χ1n) is 10.1. The number of nitrogens with one attached hydrogen (secondary N) is 1. The number of nitrogens with zero attached hydrogens (tertiary/aromatic N) is 3. The molecular formula is C22H25F3N4O. The molecule has 3 aromatic rings. The summed E-state index contributed by atoms with van der Waals surface area (Å²) in [6, 6.07) is 10.1. The van der Waals surface area contributed by atoms with Crippen LogP contribution in [0.25, 0.3) is 16.9 Å². The minimum Gasteiger partial charge on any atom is -0.491 e. The van der Waals surface area contributed by atoms with E-state index in [0.29, 0.717) is 17.9 Å². The van der Waals surface area contributed by atoms with E-state index < -0.39 is 11.7 Å². The van der Waals surface area contributed by atoms with Crippen molar-refractivity contribution in [1.29, 1.82) is 0 Å². The highest BCUT2D eigenvalue weighted by atomic mass is 19.4. The molecule has 0 radical (unpaired) electrons. The van der Waals surface area contributed by atoms with Crippen LogP contribution in [0.2, 0.25) is 0 Å². The highest BCUT2D eigenvalue weighted by Gasteiger charge is 2.31. The zero-order valence-electron chi connectivity index (χ0n) is 17.0. The number of pyridine rings is 1. The van der Waals surface area contributed by atoms with Crippen molar-refractivity contribution in [2.75, 3.05) is 26.2 Å². The number of alkyl halides is 3. The van der Waals surface area contributed by atoms with Gasteiger partial charge in [-0.2, -0.15) is 13.2 Å². The number of halogens is 3. The first-order chi connectivity index (χ1) is 14.3. The summed E-state index contributed by atoms with van der Waals surface area (Å²) in [7, 11) is 0. The molecule has 30 heavy (non-hydrogen) atoms. The SMILES string of the molecule is CC(C)Oc1ccc(-c2nc3ccc(C(F)(F)F)cn3c2CN2CCNCC2)cc1. The summed E-state index contributed by atoms with van der Waals surface area (Å²) in [5, 5.41) is 3.30. The van der Waals surface area contributed by atoms with Crippen molar-refractivity contribution < 1.29 is 17.9 Å². The van der Waals surface area contributed by atoms with Crippen molar-refractivity contribution in [2.45, 2.75) is 32.7 Å². The van der Waals surface area contributed by atoms with Crippen molar-refractivity contribution >= 4 is 5.65 Å². The Morgan fingerprint density at radius 1 is 1.07 bits per heavy atom. The van der Waals surface area contributed by atoms with Gasteiger partial charge in [0.25, 0.3) is 0 Å². The van der Waals surface area contributed by atoms with E-state index in [9.17, 15) is 13.2 Å². The molecular weight excluding hydrogens is 393 g/mol. The minimum absolute atomic E-state index is 0.0649. The molecule has 4 rings (SSSR count). The molecule has 0 aliphatic carbocycles. The number of imidazole rings is 1. The predicted octanol–water partition coefficient (Wildman–Crippen LogP) is 4.21. The Balaban J connectivity index is 1.77. The second-order valence-corrected chi connectivity index (χ2v) is 7.77. The molecule has 0 saturated carbocycles. The molecule has 1 aromatic carbocycles. The van der Waals surface area contributed by atoms with Crippen LogP contribution in [-0.4, -0.2) is 46.6 Å². The Hall–Kier alpha value is -2.58. The maximum atomic E-state index is 13.3. The molecule has 5 nitrogen and oxygen atoms in total. The van der Waals surface area contributed by atoms with Gasteiger partial charge in [0.1, 0.15) is 11.4 Å². The molecule has 0 amide bonds. The molecule has 1 aliphatic rings. The average Bonchev–Trinajstić information content (AvgIpc) is 3.06. The summed E-state index contributed by atoms with van der Waals surface area (Å²) in [4.78, 5) is 6.91. The van der Waals surface area contributed by atoms with Crippen LogP contribution in [0.15, 0.2) is 42.6 Å². The van der Waals surface area contributed by atoms with Gasteiger partial charge in [-0.25, -0.2) is 4.98 Å².